The molecule has 2 aromatic rings. The standard InChI is InChI=1S/C23H27ClF2N4O5S/c1-28(15-22(32)29-8-2-3-9-29)10-11-30(14-21(27)31)36(33,34)18-12-19(25)23(20(26)13-18)35-17-6-4-16(24)5-7-17/h4-7,12-13H,2-3,8-11,14-15H2,1H3,(H2,27,31). The van der Waals surface area contributed by atoms with Crippen molar-refractivity contribution in [2.75, 3.05) is 46.3 Å². The molecule has 0 saturated carbocycles. The van der Waals surface area contributed by atoms with E-state index in [1.807, 2.05) is 0 Å². The van der Waals surface area contributed by atoms with E-state index in [-0.39, 0.29) is 31.3 Å². The summed E-state index contributed by atoms with van der Waals surface area (Å²) in [5.41, 5.74) is 5.22. The van der Waals surface area contributed by atoms with Crippen molar-refractivity contribution in [2.45, 2.75) is 17.7 Å². The second-order valence-corrected chi connectivity index (χ2v) is 10.8. The Balaban J connectivity index is 1.75. The summed E-state index contributed by atoms with van der Waals surface area (Å²) in [6.45, 7) is 0.566. The molecule has 196 valence electrons. The van der Waals surface area contributed by atoms with E-state index in [1.54, 1.807) is 16.8 Å². The molecular weight excluding hydrogens is 518 g/mol. The smallest absolute Gasteiger partial charge is 0.243 e. The van der Waals surface area contributed by atoms with Crippen LogP contribution in [0.15, 0.2) is 41.3 Å². The number of carbonyl (C=O) groups excluding carboxylic acids is 2. The molecule has 0 unspecified atom stereocenters. The van der Waals surface area contributed by atoms with Crippen molar-refractivity contribution in [2.24, 2.45) is 5.73 Å². The number of amides is 2. The molecule has 1 saturated heterocycles. The maximum atomic E-state index is 14.7. The van der Waals surface area contributed by atoms with Crippen molar-refractivity contribution in [3.63, 3.8) is 0 Å². The summed E-state index contributed by atoms with van der Waals surface area (Å²) in [4.78, 5) is 26.5. The largest absolute Gasteiger partial charge is 0.451 e. The van der Waals surface area contributed by atoms with Gasteiger partial charge in [0.1, 0.15) is 5.75 Å². The molecule has 1 aliphatic rings. The number of rotatable bonds is 11. The van der Waals surface area contributed by atoms with Gasteiger partial charge in [-0.2, -0.15) is 4.31 Å². The first kappa shape index (κ1) is 27.8. The number of carbonyl (C=O) groups is 2. The van der Waals surface area contributed by atoms with Crippen LogP contribution in [0.1, 0.15) is 12.8 Å². The van der Waals surface area contributed by atoms with E-state index in [4.69, 9.17) is 22.1 Å². The molecule has 2 amide bonds. The zero-order chi connectivity index (χ0) is 26.5. The van der Waals surface area contributed by atoms with E-state index in [9.17, 15) is 26.8 Å². The molecule has 0 radical (unpaired) electrons. The van der Waals surface area contributed by atoms with Gasteiger partial charge in [-0.3, -0.25) is 14.5 Å². The molecule has 13 heteroatoms. The molecule has 3 rings (SSSR count). The van der Waals surface area contributed by atoms with Gasteiger partial charge in [0.05, 0.1) is 18.0 Å². The lowest BCUT2D eigenvalue weighted by Crippen LogP contribution is -2.44. The Morgan fingerprint density at radius 1 is 1.06 bits per heavy atom. The summed E-state index contributed by atoms with van der Waals surface area (Å²) in [6.07, 6.45) is 1.88. The fourth-order valence-corrected chi connectivity index (χ4v) is 5.22. The van der Waals surface area contributed by atoms with Crippen LogP contribution < -0.4 is 10.5 Å². The average molecular weight is 545 g/mol. The zero-order valence-corrected chi connectivity index (χ0v) is 21.2. The van der Waals surface area contributed by atoms with Crippen LogP contribution in [0.25, 0.3) is 0 Å². The molecule has 1 heterocycles. The van der Waals surface area contributed by atoms with E-state index in [1.165, 1.54) is 24.3 Å². The predicted molar refractivity (Wildman–Crippen MR) is 129 cm³/mol. The number of likely N-dealkylation sites (N-methyl/N-ethyl adjacent to an activating group) is 1. The molecule has 0 aliphatic carbocycles. The Hall–Kier alpha value is -2.80. The molecule has 36 heavy (non-hydrogen) atoms. The van der Waals surface area contributed by atoms with Gasteiger partial charge in [0, 0.05) is 31.2 Å². The Morgan fingerprint density at radius 2 is 1.64 bits per heavy atom. The summed E-state index contributed by atoms with van der Waals surface area (Å²) in [5, 5.41) is 0.394. The van der Waals surface area contributed by atoms with Gasteiger partial charge in [-0.1, -0.05) is 11.6 Å². The van der Waals surface area contributed by atoms with E-state index < -0.39 is 44.8 Å². The predicted octanol–water partition coefficient (Wildman–Crippen LogP) is 2.44. The molecule has 1 aliphatic heterocycles. The topological polar surface area (TPSA) is 113 Å². The van der Waals surface area contributed by atoms with E-state index in [0.29, 0.717) is 30.2 Å². The third-order valence-corrected chi connectivity index (χ3v) is 7.65. The monoisotopic (exact) mass is 544 g/mol. The molecule has 2 aromatic carbocycles. The summed E-state index contributed by atoms with van der Waals surface area (Å²) in [6, 6.07) is 6.93. The van der Waals surface area contributed by atoms with Gasteiger partial charge in [0.25, 0.3) is 0 Å². The summed E-state index contributed by atoms with van der Waals surface area (Å²) < 4.78 is 61.7. The number of hydrogen-bond donors (Lipinski definition) is 1. The summed E-state index contributed by atoms with van der Waals surface area (Å²) >= 11 is 5.78. The summed E-state index contributed by atoms with van der Waals surface area (Å²) in [5.74, 6) is -4.24. The van der Waals surface area contributed by atoms with Crippen molar-refractivity contribution < 1.29 is 31.5 Å². The lowest BCUT2D eigenvalue weighted by molar-refractivity contribution is -0.131. The van der Waals surface area contributed by atoms with Gasteiger partial charge in [-0.15, -0.1) is 0 Å². The lowest BCUT2D eigenvalue weighted by atomic mass is 10.3. The lowest BCUT2D eigenvalue weighted by Gasteiger charge is -2.25. The fourth-order valence-electron chi connectivity index (χ4n) is 3.67. The third kappa shape index (κ3) is 7.12. The number of halogens is 3. The minimum Gasteiger partial charge on any atom is -0.451 e. The van der Waals surface area contributed by atoms with Crippen molar-refractivity contribution in [3.05, 3.63) is 53.1 Å². The molecule has 2 N–H and O–H groups in total. The molecular formula is C23H27ClF2N4O5S. The van der Waals surface area contributed by atoms with Gasteiger partial charge in [0.2, 0.25) is 21.8 Å². The molecule has 0 bridgehead atoms. The number of benzene rings is 2. The van der Waals surface area contributed by atoms with Crippen molar-refractivity contribution in [1.82, 2.24) is 14.1 Å². The molecule has 0 spiro atoms. The molecule has 0 atom stereocenters. The number of hydrogen-bond acceptors (Lipinski definition) is 6. The van der Waals surface area contributed by atoms with Crippen LogP contribution >= 0.6 is 11.6 Å². The van der Waals surface area contributed by atoms with Crippen molar-refractivity contribution in [3.8, 4) is 11.5 Å². The van der Waals surface area contributed by atoms with Crippen LogP contribution in [0, 0.1) is 11.6 Å². The first-order valence-corrected chi connectivity index (χ1v) is 13.0. The zero-order valence-electron chi connectivity index (χ0n) is 19.6. The van der Waals surface area contributed by atoms with Gasteiger partial charge in [0.15, 0.2) is 17.4 Å². The minimum absolute atomic E-state index is 0.0600. The van der Waals surface area contributed by atoms with E-state index >= 15 is 0 Å². The van der Waals surface area contributed by atoms with Crippen LogP contribution in [0.2, 0.25) is 5.02 Å². The second kappa shape index (κ2) is 12.0. The van der Waals surface area contributed by atoms with Crippen LogP contribution in [0.3, 0.4) is 0 Å². The Bertz CT molecular complexity index is 1180. The number of ether oxygens (including phenoxy) is 1. The minimum atomic E-state index is -4.52. The third-order valence-electron chi connectivity index (χ3n) is 5.57. The van der Waals surface area contributed by atoms with Crippen molar-refractivity contribution >= 4 is 33.4 Å². The Kier molecular flexibility index (Phi) is 9.23. The first-order valence-electron chi connectivity index (χ1n) is 11.1. The molecule has 0 aromatic heterocycles. The highest BCUT2D eigenvalue weighted by Gasteiger charge is 2.29. The normalized spacial score (nSPS) is 14.0. The van der Waals surface area contributed by atoms with Gasteiger partial charge in [-0.25, -0.2) is 17.2 Å². The Labute approximate surface area is 213 Å². The van der Waals surface area contributed by atoms with Gasteiger partial charge >= 0.3 is 0 Å². The highest BCUT2D eigenvalue weighted by atomic mass is 35.5. The van der Waals surface area contributed by atoms with Crippen LogP contribution in [0.4, 0.5) is 8.78 Å². The van der Waals surface area contributed by atoms with Gasteiger partial charge in [-0.05, 0) is 56.3 Å². The Morgan fingerprint density at radius 3 is 2.19 bits per heavy atom. The number of nitrogens with zero attached hydrogens (tertiary/aromatic N) is 3. The number of sulfonamides is 1. The van der Waals surface area contributed by atoms with E-state index in [0.717, 1.165) is 17.1 Å². The van der Waals surface area contributed by atoms with E-state index in [2.05, 4.69) is 0 Å². The van der Waals surface area contributed by atoms with Crippen LogP contribution in [0.5, 0.6) is 11.5 Å². The fraction of sp³-hybridized carbons (Fsp3) is 0.391. The number of primary amides is 1. The van der Waals surface area contributed by atoms with Crippen molar-refractivity contribution in [1.29, 1.82) is 0 Å². The maximum absolute atomic E-state index is 14.7. The SMILES string of the molecule is CN(CCN(CC(N)=O)S(=O)(=O)c1cc(F)c(Oc2ccc(Cl)cc2)c(F)c1)CC(=O)N1CCCC1. The summed E-state index contributed by atoms with van der Waals surface area (Å²) in [7, 11) is -2.89. The second-order valence-electron chi connectivity index (χ2n) is 8.40. The number of likely N-dealkylation sites (tertiary alicyclic amines) is 1. The highest BCUT2D eigenvalue weighted by Crippen LogP contribution is 2.31. The highest BCUT2D eigenvalue weighted by molar-refractivity contribution is 7.89. The van der Waals surface area contributed by atoms with Crippen LogP contribution in [-0.4, -0.2) is 80.7 Å². The number of nitrogens with two attached hydrogens (primary N) is 1. The molecule has 9 nitrogen and oxygen atoms in total. The van der Waals surface area contributed by atoms with Crippen LogP contribution in [-0.2, 0) is 19.6 Å². The quantitative estimate of drug-likeness (QED) is 0.465. The average Bonchev–Trinajstić information content (AvgIpc) is 3.35. The molecule has 1 fully saturated rings. The first-order chi connectivity index (χ1) is 17.0. The maximum Gasteiger partial charge on any atom is 0.243 e. The van der Waals surface area contributed by atoms with Gasteiger partial charge < -0.3 is 15.4 Å².